The molecule has 21 heavy (non-hydrogen) atoms. The second-order valence-electron chi connectivity index (χ2n) is 5.34. The number of amides is 1. The van der Waals surface area contributed by atoms with Gasteiger partial charge in [0, 0.05) is 18.0 Å². The van der Waals surface area contributed by atoms with Gasteiger partial charge in [-0.25, -0.2) is 4.98 Å². The molecule has 1 unspecified atom stereocenters. The predicted molar refractivity (Wildman–Crippen MR) is 82.3 cm³/mol. The monoisotopic (exact) mass is 305 g/mol. The first kappa shape index (κ1) is 14.3. The number of thiazole rings is 1. The largest absolute Gasteiger partial charge is 0.459 e. The van der Waals surface area contributed by atoms with E-state index < -0.39 is 0 Å². The highest BCUT2D eigenvalue weighted by molar-refractivity contribution is 7.13. The van der Waals surface area contributed by atoms with Gasteiger partial charge in [-0.2, -0.15) is 0 Å². The van der Waals surface area contributed by atoms with Gasteiger partial charge in [0.15, 0.2) is 10.8 Å². The van der Waals surface area contributed by atoms with Crippen molar-refractivity contribution in [2.45, 2.75) is 32.2 Å². The van der Waals surface area contributed by atoms with Crippen LogP contribution in [0.5, 0.6) is 0 Å². The van der Waals surface area contributed by atoms with Crippen molar-refractivity contribution in [2.24, 2.45) is 0 Å². The molecule has 1 saturated heterocycles. The topological polar surface area (TPSA) is 67.2 Å². The van der Waals surface area contributed by atoms with E-state index in [0.717, 1.165) is 48.2 Å². The summed E-state index contributed by atoms with van der Waals surface area (Å²) in [5.74, 6) is 1.67. The SMILES string of the molecule is Cc1ccc(-c2nc(CC(=O)NC3CCCNC3)cs2)o1. The molecule has 3 rings (SSSR count). The van der Waals surface area contributed by atoms with Crippen molar-refractivity contribution in [3.05, 3.63) is 29.0 Å². The number of rotatable bonds is 4. The van der Waals surface area contributed by atoms with E-state index in [-0.39, 0.29) is 11.9 Å². The number of hydrogen-bond donors (Lipinski definition) is 2. The van der Waals surface area contributed by atoms with Gasteiger partial charge in [0.05, 0.1) is 12.1 Å². The zero-order chi connectivity index (χ0) is 14.7. The van der Waals surface area contributed by atoms with Crippen molar-refractivity contribution in [3.63, 3.8) is 0 Å². The zero-order valence-corrected chi connectivity index (χ0v) is 12.8. The highest BCUT2D eigenvalue weighted by atomic mass is 32.1. The summed E-state index contributed by atoms with van der Waals surface area (Å²) in [7, 11) is 0. The Morgan fingerprint density at radius 1 is 1.57 bits per heavy atom. The molecule has 2 aromatic rings. The van der Waals surface area contributed by atoms with Crippen LogP contribution in [0.1, 0.15) is 24.3 Å². The van der Waals surface area contributed by atoms with Gasteiger partial charge in [-0.15, -0.1) is 11.3 Å². The molecule has 112 valence electrons. The lowest BCUT2D eigenvalue weighted by Gasteiger charge is -2.23. The molecular weight excluding hydrogens is 286 g/mol. The van der Waals surface area contributed by atoms with Crippen LogP contribution in [0.25, 0.3) is 10.8 Å². The Labute approximate surface area is 127 Å². The molecule has 0 radical (unpaired) electrons. The van der Waals surface area contributed by atoms with E-state index in [1.165, 1.54) is 11.3 Å². The summed E-state index contributed by atoms with van der Waals surface area (Å²) in [6.07, 6.45) is 2.49. The van der Waals surface area contributed by atoms with Crippen molar-refractivity contribution < 1.29 is 9.21 Å². The lowest BCUT2D eigenvalue weighted by molar-refractivity contribution is -0.121. The number of aromatic nitrogens is 1. The average molecular weight is 305 g/mol. The van der Waals surface area contributed by atoms with Gasteiger partial charge in [0.1, 0.15) is 5.76 Å². The Bertz CT molecular complexity index is 614. The standard InChI is InChI=1S/C15H19N3O2S/c1-10-4-5-13(20-10)15-18-12(9-21-15)7-14(19)17-11-3-2-6-16-8-11/h4-5,9,11,16H,2-3,6-8H2,1H3,(H,17,19). The molecule has 1 fully saturated rings. The smallest absolute Gasteiger partial charge is 0.226 e. The molecule has 5 nitrogen and oxygen atoms in total. The Kier molecular flexibility index (Phi) is 4.36. The number of aryl methyl sites for hydroxylation is 1. The van der Waals surface area contributed by atoms with Gasteiger partial charge in [-0.05, 0) is 38.4 Å². The summed E-state index contributed by atoms with van der Waals surface area (Å²) in [5.41, 5.74) is 0.797. The second-order valence-corrected chi connectivity index (χ2v) is 6.20. The maximum Gasteiger partial charge on any atom is 0.226 e. The van der Waals surface area contributed by atoms with Crippen LogP contribution in [-0.4, -0.2) is 30.0 Å². The van der Waals surface area contributed by atoms with Crippen LogP contribution in [0.4, 0.5) is 0 Å². The second kappa shape index (κ2) is 6.41. The molecule has 0 spiro atoms. The van der Waals surface area contributed by atoms with E-state index in [9.17, 15) is 4.79 Å². The van der Waals surface area contributed by atoms with E-state index in [1.54, 1.807) is 0 Å². The maximum absolute atomic E-state index is 12.0. The van der Waals surface area contributed by atoms with Crippen molar-refractivity contribution in [2.75, 3.05) is 13.1 Å². The minimum atomic E-state index is 0.0381. The van der Waals surface area contributed by atoms with E-state index in [1.807, 2.05) is 24.4 Å². The van der Waals surface area contributed by atoms with E-state index >= 15 is 0 Å². The molecule has 2 aromatic heterocycles. The van der Waals surface area contributed by atoms with Crippen molar-refractivity contribution >= 4 is 17.2 Å². The van der Waals surface area contributed by atoms with Crippen LogP contribution in [0.15, 0.2) is 21.9 Å². The van der Waals surface area contributed by atoms with Gasteiger partial charge in [-0.3, -0.25) is 4.79 Å². The fourth-order valence-corrected chi connectivity index (χ4v) is 3.25. The van der Waals surface area contributed by atoms with Crippen molar-refractivity contribution in [1.82, 2.24) is 15.6 Å². The molecule has 0 aliphatic carbocycles. The van der Waals surface area contributed by atoms with Gasteiger partial charge in [-0.1, -0.05) is 0 Å². The molecule has 0 saturated carbocycles. The minimum absolute atomic E-state index is 0.0381. The first-order valence-corrected chi connectivity index (χ1v) is 8.10. The molecule has 1 aliphatic heterocycles. The fourth-order valence-electron chi connectivity index (χ4n) is 2.47. The van der Waals surface area contributed by atoms with E-state index in [0.29, 0.717) is 6.42 Å². The molecule has 0 aromatic carbocycles. The third kappa shape index (κ3) is 3.71. The number of carbonyl (C=O) groups is 1. The average Bonchev–Trinajstić information content (AvgIpc) is 3.09. The molecule has 0 bridgehead atoms. The number of hydrogen-bond acceptors (Lipinski definition) is 5. The van der Waals surface area contributed by atoms with E-state index in [2.05, 4.69) is 15.6 Å². The van der Waals surface area contributed by atoms with Crippen LogP contribution in [0.3, 0.4) is 0 Å². The summed E-state index contributed by atoms with van der Waals surface area (Å²) in [6.45, 7) is 3.81. The lowest BCUT2D eigenvalue weighted by Crippen LogP contribution is -2.46. The van der Waals surface area contributed by atoms with Crippen LogP contribution >= 0.6 is 11.3 Å². The van der Waals surface area contributed by atoms with Crippen LogP contribution < -0.4 is 10.6 Å². The molecule has 3 heterocycles. The molecule has 1 amide bonds. The first-order valence-electron chi connectivity index (χ1n) is 7.22. The summed E-state index contributed by atoms with van der Waals surface area (Å²) in [4.78, 5) is 16.5. The molecule has 1 atom stereocenters. The van der Waals surface area contributed by atoms with Gasteiger partial charge in [0.25, 0.3) is 0 Å². The summed E-state index contributed by atoms with van der Waals surface area (Å²) in [6, 6.07) is 4.07. The van der Waals surface area contributed by atoms with Crippen LogP contribution in [0, 0.1) is 6.92 Å². The summed E-state index contributed by atoms with van der Waals surface area (Å²) < 4.78 is 5.55. The lowest BCUT2D eigenvalue weighted by atomic mass is 10.1. The predicted octanol–water partition coefficient (Wildman–Crippen LogP) is 2.12. The molecule has 2 N–H and O–H groups in total. The zero-order valence-electron chi connectivity index (χ0n) is 12.0. The number of nitrogens with zero attached hydrogens (tertiary/aromatic N) is 1. The van der Waals surface area contributed by atoms with E-state index in [4.69, 9.17) is 4.42 Å². The van der Waals surface area contributed by atoms with Gasteiger partial charge in [0.2, 0.25) is 5.91 Å². The Morgan fingerprint density at radius 3 is 3.19 bits per heavy atom. The maximum atomic E-state index is 12.0. The third-order valence-electron chi connectivity index (χ3n) is 3.51. The van der Waals surface area contributed by atoms with Crippen molar-refractivity contribution in [1.29, 1.82) is 0 Å². The molecule has 6 heteroatoms. The summed E-state index contributed by atoms with van der Waals surface area (Å²) in [5, 5.41) is 9.10. The van der Waals surface area contributed by atoms with Gasteiger partial charge >= 0.3 is 0 Å². The number of furan rings is 1. The molecule has 1 aliphatic rings. The minimum Gasteiger partial charge on any atom is -0.459 e. The summed E-state index contributed by atoms with van der Waals surface area (Å²) >= 11 is 1.51. The van der Waals surface area contributed by atoms with Crippen molar-refractivity contribution in [3.8, 4) is 10.8 Å². The highest BCUT2D eigenvalue weighted by Gasteiger charge is 2.16. The van der Waals surface area contributed by atoms with Crippen LogP contribution in [-0.2, 0) is 11.2 Å². The highest BCUT2D eigenvalue weighted by Crippen LogP contribution is 2.25. The Morgan fingerprint density at radius 2 is 2.48 bits per heavy atom. The number of piperidine rings is 1. The molecular formula is C15H19N3O2S. The number of carbonyl (C=O) groups excluding carboxylic acids is 1. The Hall–Kier alpha value is -1.66. The first-order chi connectivity index (χ1) is 10.2. The third-order valence-corrected chi connectivity index (χ3v) is 4.41. The normalized spacial score (nSPS) is 18.6. The Balaban J connectivity index is 1.57. The van der Waals surface area contributed by atoms with Gasteiger partial charge < -0.3 is 15.1 Å². The quantitative estimate of drug-likeness (QED) is 0.908. The number of nitrogens with one attached hydrogen (secondary N) is 2. The van der Waals surface area contributed by atoms with Crippen LogP contribution in [0.2, 0.25) is 0 Å². The fraction of sp³-hybridized carbons (Fsp3) is 0.467.